The summed E-state index contributed by atoms with van der Waals surface area (Å²) in [6, 6.07) is 5.77. The van der Waals surface area contributed by atoms with E-state index in [2.05, 4.69) is 28.2 Å². The van der Waals surface area contributed by atoms with E-state index >= 15 is 0 Å². The van der Waals surface area contributed by atoms with E-state index in [1.54, 1.807) is 6.07 Å². The van der Waals surface area contributed by atoms with Gasteiger partial charge in [0.25, 0.3) is 5.69 Å². The standard InChI is InChI=1S/C13H17BrN2O2/c1-2-3-9-6-12(9)15-8-10-4-5-11(14)7-13(10)16(17)18/h4-5,7,9,12,15H,2-3,6,8H2,1H3. The second kappa shape index (κ2) is 5.80. The zero-order valence-electron chi connectivity index (χ0n) is 10.4. The van der Waals surface area contributed by atoms with Crippen molar-refractivity contribution in [3.63, 3.8) is 0 Å². The molecular formula is C13H17BrN2O2. The zero-order valence-corrected chi connectivity index (χ0v) is 11.9. The molecule has 1 fully saturated rings. The van der Waals surface area contributed by atoms with Crippen molar-refractivity contribution in [2.24, 2.45) is 5.92 Å². The highest BCUT2D eigenvalue weighted by atomic mass is 79.9. The number of hydrogen-bond donors (Lipinski definition) is 1. The summed E-state index contributed by atoms with van der Waals surface area (Å²) in [5.74, 6) is 0.768. The molecule has 0 spiro atoms. The van der Waals surface area contributed by atoms with Crippen LogP contribution >= 0.6 is 15.9 Å². The van der Waals surface area contributed by atoms with E-state index in [4.69, 9.17) is 0 Å². The molecule has 98 valence electrons. The van der Waals surface area contributed by atoms with Crippen molar-refractivity contribution >= 4 is 21.6 Å². The molecule has 0 aromatic heterocycles. The molecule has 0 amide bonds. The number of benzene rings is 1. The number of halogens is 1. The average molecular weight is 313 g/mol. The van der Waals surface area contributed by atoms with Gasteiger partial charge in [-0.05, 0) is 30.9 Å². The van der Waals surface area contributed by atoms with Crippen LogP contribution in [0, 0.1) is 16.0 Å². The minimum Gasteiger partial charge on any atom is -0.309 e. The van der Waals surface area contributed by atoms with Gasteiger partial charge in [0.1, 0.15) is 0 Å². The Balaban J connectivity index is 1.95. The lowest BCUT2D eigenvalue weighted by Crippen LogP contribution is -2.18. The highest BCUT2D eigenvalue weighted by molar-refractivity contribution is 9.10. The van der Waals surface area contributed by atoms with Gasteiger partial charge in [-0.1, -0.05) is 29.3 Å². The first-order valence-corrected chi connectivity index (χ1v) is 7.07. The fourth-order valence-electron chi connectivity index (χ4n) is 2.28. The first-order valence-electron chi connectivity index (χ1n) is 6.28. The summed E-state index contributed by atoms with van der Waals surface area (Å²) >= 11 is 3.26. The van der Waals surface area contributed by atoms with Crippen molar-refractivity contribution in [2.45, 2.75) is 38.8 Å². The normalized spacial score (nSPS) is 21.9. The molecule has 2 rings (SSSR count). The van der Waals surface area contributed by atoms with Gasteiger partial charge in [0, 0.05) is 28.7 Å². The van der Waals surface area contributed by atoms with Gasteiger partial charge in [0.05, 0.1) is 4.92 Å². The van der Waals surface area contributed by atoms with Crippen molar-refractivity contribution < 1.29 is 4.92 Å². The molecule has 4 nitrogen and oxygen atoms in total. The topological polar surface area (TPSA) is 55.2 Å². The molecule has 0 saturated heterocycles. The van der Waals surface area contributed by atoms with E-state index in [1.165, 1.54) is 19.3 Å². The molecule has 0 bridgehead atoms. The van der Waals surface area contributed by atoms with Gasteiger partial charge in [-0.25, -0.2) is 0 Å². The van der Waals surface area contributed by atoms with Crippen molar-refractivity contribution in [3.05, 3.63) is 38.3 Å². The van der Waals surface area contributed by atoms with Gasteiger partial charge >= 0.3 is 0 Å². The molecular weight excluding hydrogens is 296 g/mol. The number of nitrogens with zero attached hydrogens (tertiary/aromatic N) is 1. The summed E-state index contributed by atoms with van der Waals surface area (Å²) < 4.78 is 0.744. The predicted octanol–water partition coefficient (Wildman–Crippen LogP) is 3.64. The summed E-state index contributed by atoms with van der Waals surface area (Å²) in [5, 5.41) is 14.4. The molecule has 0 aliphatic heterocycles. The van der Waals surface area contributed by atoms with Crippen LogP contribution in [0.4, 0.5) is 5.69 Å². The number of nitro groups is 1. The maximum absolute atomic E-state index is 11.0. The highest BCUT2D eigenvalue weighted by Crippen LogP contribution is 2.35. The maximum atomic E-state index is 11.0. The summed E-state index contributed by atoms with van der Waals surface area (Å²) in [6.07, 6.45) is 3.67. The Bertz CT molecular complexity index is 451. The van der Waals surface area contributed by atoms with E-state index < -0.39 is 0 Å². The average Bonchev–Trinajstić information content (AvgIpc) is 3.06. The van der Waals surface area contributed by atoms with E-state index in [-0.39, 0.29) is 10.6 Å². The van der Waals surface area contributed by atoms with Crippen molar-refractivity contribution in [1.29, 1.82) is 0 Å². The second-order valence-electron chi connectivity index (χ2n) is 4.80. The molecule has 1 aliphatic carbocycles. The zero-order chi connectivity index (χ0) is 13.1. The van der Waals surface area contributed by atoms with Gasteiger partial charge in [0.2, 0.25) is 0 Å². The van der Waals surface area contributed by atoms with Crippen LogP contribution in [-0.2, 0) is 6.54 Å². The van der Waals surface area contributed by atoms with Gasteiger partial charge in [-0.15, -0.1) is 0 Å². The quantitative estimate of drug-likeness (QED) is 0.644. The molecule has 1 aromatic rings. The molecule has 2 unspecified atom stereocenters. The molecule has 1 N–H and O–H groups in total. The SMILES string of the molecule is CCCC1CC1NCc1ccc(Br)cc1[N+](=O)[O-]. The molecule has 1 aliphatic rings. The van der Waals surface area contributed by atoms with Crippen molar-refractivity contribution in [3.8, 4) is 0 Å². The van der Waals surface area contributed by atoms with Crippen molar-refractivity contribution in [1.82, 2.24) is 5.32 Å². The van der Waals surface area contributed by atoms with Crippen LogP contribution in [0.1, 0.15) is 31.7 Å². The molecule has 0 radical (unpaired) electrons. The van der Waals surface area contributed by atoms with Gasteiger partial charge < -0.3 is 5.32 Å². The third-order valence-corrected chi connectivity index (χ3v) is 3.87. The van der Waals surface area contributed by atoms with E-state index in [0.717, 1.165) is 16.0 Å². The van der Waals surface area contributed by atoms with Gasteiger partial charge in [-0.3, -0.25) is 10.1 Å². The predicted molar refractivity (Wildman–Crippen MR) is 74.4 cm³/mol. The van der Waals surface area contributed by atoms with E-state index in [0.29, 0.717) is 12.6 Å². The van der Waals surface area contributed by atoms with Crippen LogP contribution in [0.15, 0.2) is 22.7 Å². The Morgan fingerprint density at radius 3 is 3.00 bits per heavy atom. The summed E-state index contributed by atoms with van der Waals surface area (Å²) in [6.45, 7) is 2.77. The monoisotopic (exact) mass is 312 g/mol. The fourth-order valence-corrected chi connectivity index (χ4v) is 2.63. The number of nitro benzene ring substituents is 1. The Morgan fingerprint density at radius 2 is 2.33 bits per heavy atom. The van der Waals surface area contributed by atoms with Crippen LogP contribution in [0.2, 0.25) is 0 Å². The summed E-state index contributed by atoms with van der Waals surface area (Å²) in [7, 11) is 0. The fraction of sp³-hybridized carbons (Fsp3) is 0.538. The van der Waals surface area contributed by atoms with Crippen LogP contribution in [-0.4, -0.2) is 11.0 Å². The number of nitrogens with one attached hydrogen (secondary N) is 1. The molecule has 0 heterocycles. The minimum atomic E-state index is -0.321. The largest absolute Gasteiger partial charge is 0.309 e. The maximum Gasteiger partial charge on any atom is 0.275 e. The lowest BCUT2D eigenvalue weighted by atomic mass is 10.2. The summed E-state index contributed by atoms with van der Waals surface area (Å²) in [4.78, 5) is 10.6. The van der Waals surface area contributed by atoms with Crippen LogP contribution in [0.5, 0.6) is 0 Å². The second-order valence-corrected chi connectivity index (χ2v) is 5.72. The Hall–Kier alpha value is -0.940. The van der Waals surface area contributed by atoms with Crippen LogP contribution < -0.4 is 5.32 Å². The lowest BCUT2D eigenvalue weighted by Gasteiger charge is -2.05. The van der Waals surface area contributed by atoms with E-state index in [9.17, 15) is 10.1 Å². The van der Waals surface area contributed by atoms with Gasteiger partial charge in [-0.2, -0.15) is 0 Å². The molecule has 18 heavy (non-hydrogen) atoms. The Labute approximate surface area is 115 Å². The first-order chi connectivity index (χ1) is 8.61. The Morgan fingerprint density at radius 1 is 1.56 bits per heavy atom. The smallest absolute Gasteiger partial charge is 0.275 e. The number of rotatable bonds is 6. The summed E-state index contributed by atoms with van der Waals surface area (Å²) in [5.41, 5.74) is 0.940. The third-order valence-electron chi connectivity index (χ3n) is 3.38. The van der Waals surface area contributed by atoms with Crippen LogP contribution in [0.25, 0.3) is 0 Å². The van der Waals surface area contributed by atoms with Crippen LogP contribution in [0.3, 0.4) is 0 Å². The third kappa shape index (κ3) is 3.29. The Kier molecular flexibility index (Phi) is 4.35. The molecule has 1 aromatic carbocycles. The first kappa shape index (κ1) is 13.5. The molecule has 5 heteroatoms. The molecule has 2 atom stereocenters. The highest BCUT2D eigenvalue weighted by Gasteiger charge is 2.35. The lowest BCUT2D eigenvalue weighted by molar-refractivity contribution is -0.385. The molecule has 1 saturated carbocycles. The minimum absolute atomic E-state index is 0.185. The van der Waals surface area contributed by atoms with Crippen molar-refractivity contribution in [2.75, 3.05) is 0 Å². The van der Waals surface area contributed by atoms with E-state index in [1.807, 2.05) is 12.1 Å². The van der Waals surface area contributed by atoms with Gasteiger partial charge in [0.15, 0.2) is 0 Å². The number of hydrogen-bond acceptors (Lipinski definition) is 3.